The maximum Gasteiger partial charge on any atom is 0.435 e. The molecule has 0 atom stereocenters. The van der Waals surface area contributed by atoms with Gasteiger partial charge in [0, 0.05) is 0 Å². The number of aromatic nitrogens is 3. The zero-order valence-electron chi connectivity index (χ0n) is 11.8. The van der Waals surface area contributed by atoms with Crippen molar-refractivity contribution in [2.45, 2.75) is 25.9 Å². The van der Waals surface area contributed by atoms with E-state index in [1.807, 2.05) is 6.92 Å². The zero-order chi connectivity index (χ0) is 16.2. The highest BCUT2D eigenvalue weighted by Gasteiger charge is 2.39. The van der Waals surface area contributed by atoms with Gasteiger partial charge >= 0.3 is 6.18 Å². The molecule has 0 unspecified atom stereocenters. The fourth-order valence-corrected chi connectivity index (χ4v) is 1.84. The first-order valence-corrected chi connectivity index (χ1v) is 6.68. The number of carbonyl (C=O) groups is 1. The molecule has 1 heterocycles. The van der Waals surface area contributed by atoms with Gasteiger partial charge in [-0.1, -0.05) is 18.6 Å². The largest absolute Gasteiger partial charge is 0.494 e. The highest BCUT2D eigenvalue weighted by atomic mass is 19.4. The van der Waals surface area contributed by atoms with Crippen LogP contribution in [0.3, 0.4) is 0 Å². The highest BCUT2D eigenvalue weighted by Crippen LogP contribution is 2.32. The molecule has 0 amide bonds. The fourth-order valence-electron chi connectivity index (χ4n) is 1.84. The SMILES string of the molecule is CCCCOc1ccc(-n2nnc(C=O)c2C(F)(F)F)cc1. The second kappa shape index (κ2) is 6.59. The van der Waals surface area contributed by atoms with Crippen LogP contribution >= 0.6 is 0 Å². The van der Waals surface area contributed by atoms with Crippen molar-refractivity contribution in [2.75, 3.05) is 6.61 Å². The predicted molar refractivity (Wildman–Crippen MR) is 72.2 cm³/mol. The molecule has 0 aliphatic heterocycles. The van der Waals surface area contributed by atoms with E-state index in [4.69, 9.17) is 4.74 Å². The number of unbranched alkanes of at least 4 members (excludes halogenated alkanes) is 1. The van der Waals surface area contributed by atoms with E-state index in [9.17, 15) is 18.0 Å². The minimum atomic E-state index is -4.73. The van der Waals surface area contributed by atoms with Gasteiger partial charge in [0.15, 0.2) is 17.7 Å². The van der Waals surface area contributed by atoms with E-state index in [1.165, 1.54) is 12.1 Å². The van der Waals surface area contributed by atoms with Crippen LogP contribution in [0, 0.1) is 0 Å². The van der Waals surface area contributed by atoms with Gasteiger partial charge in [-0.25, -0.2) is 4.68 Å². The molecule has 8 heteroatoms. The van der Waals surface area contributed by atoms with Gasteiger partial charge in [-0.2, -0.15) is 13.2 Å². The summed E-state index contributed by atoms with van der Waals surface area (Å²) in [5, 5.41) is 6.66. The van der Waals surface area contributed by atoms with Crippen LogP contribution in [0.4, 0.5) is 13.2 Å². The number of aldehydes is 1. The van der Waals surface area contributed by atoms with Gasteiger partial charge in [-0.05, 0) is 30.7 Å². The molecule has 0 aliphatic rings. The molecular formula is C14H14F3N3O2. The zero-order valence-corrected chi connectivity index (χ0v) is 11.8. The van der Waals surface area contributed by atoms with Gasteiger partial charge < -0.3 is 4.74 Å². The average Bonchev–Trinajstić information content (AvgIpc) is 2.92. The standard InChI is InChI=1S/C14H14F3N3O2/c1-2-3-8-22-11-6-4-10(5-7-11)20-13(14(15,16)17)12(9-21)18-19-20/h4-7,9H,2-3,8H2,1H3. The van der Waals surface area contributed by atoms with Crippen LogP contribution < -0.4 is 4.74 Å². The van der Waals surface area contributed by atoms with E-state index in [1.54, 1.807) is 12.1 Å². The molecule has 0 aliphatic carbocycles. The minimum absolute atomic E-state index is 0.0363. The number of nitrogens with zero attached hydrogens (tertiary/aromatic N) is 3. The number of hydrogen-bond acceptors (Lipinski definition) is 4. The van der Waals surface area contributed by atoms with Gasteiger partial charge in [-0.15, -0.1) is 5.10 Å². The van der Waals surface area contributed by atoms with Crippen LogP contribution in [0.15, 0.2) is 24.3 Å². The third kappa shape index (κ3) is 3.44. The Hall–Kier alpha value is -2.38. The van der Waals surface area contributed by atoms with Crippen LogP contribution in [-0.2, 0) is 6.18 Å². The van der Waals surface area contributed by atoms with Crippen molar-refractivity contribution >= 4 is 6.29 Å². The Balaban J connectivity index is 2.29. The van der Waals surface area contributed by atoms with E-state index in [0.29, 0.717) is 17.0 Å². The van der Waals surface area contributed by atoms with E-state index in [-0.39, 0.29) is 12.0 Å². The van der Waals surface area contributed by atoms with Crippen LogP contribution in [0.5, 0.6) is 5.75 Å². The van der Waals surface area contributed by atoms with Gasteiger partial charge in [0.2, 0.25) is 0 Å². The average molecular weight is 313 g/mol. The van der Waals surface area contributed by atoms with E-state index in [0.717, 1.165) is 12.8 Å². The first-order chi connectivity index (χ1) is 10.5. The summed E-state index contributed by atoms with van der Waals surface area (Å²) in [4.78, 5) is 10.7. The van der Waals surface area contributed by atoms with E-state index < -0.39 is 17.6 Å². The Kier molecular flexibility index (Phi) is 4.79. The molecule has 0 saturated heterocycles. The monoisotopic (exact) mass is 313 g/mol. The Morgan fingerprint density at radius 3 is 2.50 bits per heavy atom. The number of ether oxygens (including phenoxy) is 1. The van der Waals surface area contributed by atoms with Crippen molar-refractivity contribution in [1.29, 1.82) is 0 Å². The topological polar surface area (TPSA) is 57.0 Å². The molecule has 0 spiro atoms. The smallest absolute Gasteiger partial charge is 0.435 e. The molecule has 0 radical (unpaired) electrons. The van der Waals surface area contributed by atoms with Crippen molar-refractivity contribution in [3.8, 4) is 11.4 Å². The molecule has 0 saturated carbocycles. The summed E-state index contributed by atoms with van der Waals surface area (Å²) < 4.78 is 45.1. The lowest BCUT2D eigenvalue weighted by molar-refractivity contribution is -0.143. The molecule has 5 nitrogen and oxygen atoms in total. The molecule has 2 aromatic rings. The van der Waals surface area contributed by atoms with Crippen molar-refractivity contribution < 1.29 is 22.7 Å². The van der Waals surface area contributed by atoms with Gasteiger partial charge in [-0.3, -0.25) is 4.79 Å². The lowest BCUT2D eigenvalue weighted by atomic mass is 10.2. The molecule has 22 heavy (non-hydrogen) atoms. The van der Waals surface area contributed by atoms with Crippen molar-refractivity contribution in [2.24, 2.45) is 0 Å². The molecule has 118 valence electrons. The van der Waals surface area contributed by atoms with Gasteiger partial charge in [0.05, 0.1) is 12.3 Å². The van der Waals surface area contributed by atoms with E-state index >= 15 is 0 Å². The number of rotatable bonds is 6. The number of benzene rings is 1. The maximum atomic E-state index is 13.0. The van der Waals surface area contributed by atoms with E-state index in [2.05, 4.69) is 10.3 Å². The summed E-state index contributed by atoms with van der Waals surface area (Å²) >= 11 is 0. The van der Waals surface area contributed by atoms with Crippen LogP contribution in [-0.4, -0.2) is 27.9 Å². The number of carbonyl (C=O) groups excluding carboxylic acids is 1. The normalized spacial score (nSPS) is 11.5. The summed E-state index contributed by atoms with van der Waals surface area (Å²) in [6.07, 6.45) is -2.81. The quantitative estimate of drug-likeness (QED) is 0.606. The lowest BCUT2D eigenvalue weighted by Crippen LogP contribution is -2.15. The second-order valence-corrected chi connectivity index (χ2v) is 4.55. The summed E-state index contributed by atoms with van der Waals surface area (Å²) in [6.45, 7) is 2.57. The maximum absolute atomic E-state index is 13.0. The third-order valence-corrected chi connectivity index (χ3v) is 2.92. The third-order valence-electron chi connectivity index (χ3n) is 2.92. The second-order valence-electron chi connectivity index (χ2n) is 4.55. The Morgan fingerprint density at radius 1 is 1.27 bits per heavy atom. The molecule has 1 aromatic carbocycles. The van der Waals surface area contributed by atoms with Crippen LogP contribution in [0.25, 0.3) is 5.69 Å². The number of alkyl halides is 3. The molecular weight excluding hydrogens is 299 g/mol. The van der Waals surface area contributed by atoms with Crippen LogP contribution in [0.2, 0.25) is 0 Å². The molecule has 0 N–H and O–H groups in total. The highest BCUT2D eigenvalue weighted by molar-refractivity contribution is 5.73. The van der Waals surface area contributed by atoms with Crippen molar-refractivity contribution in [3.63, 3.8) is 0 Å². The molecule has 1 aromatic heterocycles. The lowest BCUT2D eigenvalue weighted by Gasteiger charge is -2.10. The van der Waals surface area contributed by atoms with Crippen molar-refractivity contribution in [3.05, 3.63) is 35.7 Å². The van der Waals surface area contributed by atoms with Gasteiger partial charge in [0.1, 0.15) is 5.75 Å². The molecule has 2 rings (SSSR count). The summed E-state index contributed by atoms with van der Waals surface area (Å²) in [5.41, 5.74) is -1.78. The van der Waals surface area contributed by atoms with Crippen LogP contribution in [0.1, 0.15) is 35.9 Å². The first kappa shape index (κ1) is 16.0. The summed E-state index contributed by atoms with van der Waals surface area (Å²) in [7, 11) is 0. The minimum Gasteiger partial charge on any atom is -0.494 e. The molecule has 0 bridgehead atoms. The molecule has 0 fully saturated rings. The Labute approximate surface area is 124 Å². The fraction of sp³-hybridized carbons (Fsp3) is 0.357. The van der Waals surface area contributed by atoms with Crippen molar-refractivity contribution in [1.82, 2.24) is 15.0 Å². The Morgan fingerprint density at radius 2 is 1.95 bits per heavy atom. The summed E-state index contributed by atoms with van der Waals surface area (Å²) in [5.74, 6) is 0.557. The first-order valence-electron chi connectivity index (χ1n) is 6.68. The summed E-state index contributed by atoms with van der Waals surface area (Å²) in [6, 6.07) is 5.96. The predicted octanol–water partition coefficient (Wildman–Crippen LogP) is 3.28. The van der Waals surface area contributed by atoms with Gasteiger partial charge in [0.25, 0.3) is 0 Å². The Bertz CT molecular complexity index is 636. The number of halogens is 3. The number of hydrogen-bond donors (Lipinski definition) is 0.